The second-order valence-electron chi connectivity index (χ2n) is 6.23. The van der Waals surface area contributed by atoms with Crippen LogP contribution in [0.1, 0.15) is 39.0 Å². The Hall–Kier alpha value is -0.300. The molecule has 0 aromatic carbocycles. The molecule has 4 nitrogen and oxygen atoms in total. The van der Waals surface area contributed by atoms with E-state index in [1.165, 1.54) is 38.9 Å². The van der Waals surface area contributed by atoms with Crippen LogP contribution in [-0.4, -0.2) is 62.6 Å². The van der Waals surface area contributed by atoms with E-state index in [1.54, 1.807) is 0 Å². The Bertz CT molecular complexity index is 320. The lowest BCUT2D eigenvalue weighted by atomic mass is 10.0. The topological polar surface area (TPSA) is 30.9 Å². The van der Waals surface area contributed by atoms with Crippen LogP contribution in [0.5, 0.6) is 0 Å². The van der Waals surface area contributed by atoms with Crippen molar-refractivity contribution in [2.75, 3.05) is 46.8 Å². The van der Waals surface area contributed by atoms with Gasteiger partial charge in [-0.05, 0) is 51.1 Å². The van der Waals surface area contributed by atoms with Gasteiger partial charge in [-0.1, -0.05) is 13.0 Å². The predicted octanol–water partition coefficient (Wildman–Crippen LogP) is 3.20. The molecule has 5 heteroatoms. The van der Waals surface area contributed by atoms with Gasteiger partial charge in [0.15, 0.2) is 5.96 Å². The number of likely N-dealkylation sites (tertiary alicyclic amines) is 1. The van der Waals surface area contributed by atoms with Crippen LogP contribution in [0.25, 0.3) is 0 Å². The van der Waals surface area contributed by atoms with Gasteiger partial charge in [-0.3, -0.25) is 4.99 Å². The van der Waals surface area contributed by atoms with Crippen molar-refractivity contribution in [1.29, 1.82) is 0 Å². The maximum atomic E-state index is 4.36. The molecule has 1 unspecified atom stereocenters. The number of piperidine rings is 1. The van der Waals surface area contributed by atoms with E-state index in [1.807, 2.05) is 13.1 Å². The first-order valence-electron chi connectivity index (χ1n) is 8.42. The molecule has 0 spiro atoms. The van der Waals surface area contributed by atoms with Gasteiger partial charge in [0.25, 0.3) is 0 Å². The van der Waals surface area contributed by atoms with Crippen LogP contribution in [0.4, 0.5) is 0 Å². The quantitative estimate of drug-likeness (QED) is 0.214. The van der Waals surface area contributed by atoms with E-state index in [2.05, 4.69) is 40.7 Å². The van der Waals surface area contributed by atoms with Gasteiger partial charge in [0.2, 0.25) is 0 Å². The number of allylic oxidation sites excluding steroid dienone is 1. The largest absolute Gasteiger partial charge is 0.356 e. The fourth-order valence-corrected chi connectivity index (χ4v) is 2.96. The van der Waals surface area contributed by atoms with Crippen molar-refractivity contribution < 1.29 is 0 Å². The van der Waals surface area contributed by atoms with Gasteiger partial charge in [0.1, 0.15) is 0 Å². The third kappa shape index (κ3) is 8.98. The Morgan fingerprint density at radius 3 is 2.86 bits per heavy atom. The fourth-order valence-electron chi connectivity index (χ4n) is 2.96. The number of nitrogens with one attached hydrogen (secondary N) is 1. The molecular formula is C17H35IN4. The first-order chi connectivity index (χ1) is 10.2. The Morgan fingerprint density at radius 1 is 1.45 bits per heavy atom. The number of aliphatic imine (C=N–C) groups is 1. The Kier molecular flexibility index (Phi) is 13.0. The molecule has 1 fully saturated rings. The van der Waals surface area contributed by atoms with Gasteiger partial charge in [-0.25, -0.2) is 0 Å². The van der Waals surface area contributed by atoms with Crippen LogP contribution in [0.2, 0.25) is 0 Å². The molecule has 1 N–H and O–H groups in total. The predicted molar refractivity (Wildman–Crippen MR) is 108 cm³/mol. The average molecular weight is 422 g/mol. The highest BCUT2D eigenvalue weighted by molar-refractivity contribution is 14.0. The molecule has 130 valence electrons. The number of hydrogen-bond donors (Lipinski definition) is 1. The van der Waals surface area contributed by atoms with Crippen LogP contribution in [0.15, 0.2) is 17.6 Å². The first kappa shape index (κ1) is 21.7. The number of hydrogen-bond acceptors (Lipinski definition) is 2. The lowest BCUT2D eigenvalue weighted by molar-refractivity contribution is 0.182. The van der Waals surface area contributed by atoms with Gasteiger partial charge in [-0.2, -0.15) is 0 Å². The zero-order valence-corrected chi connectivity index (χ0v) is 17.0. The summed E-state index contributed by atoms with van der Waals surface area (Å²) in [5, 5.41) is 3.47. The maximum Gasteiger partial charge on any atom is 0.193 e. The summed E-state index contributed by atoms with van der Waals surface area (Å²) in [4.78, 5) is 9.16. The summed E-state index contributed by atoms with van der Waals surface area (Å²) in [5.41, 5.74) is 0. The normalized spacial score (nSPS) is 19.4. The summed E-state index contributed by atoms with van der Waals surface area (Å²) >= 11 is 0. The minimum atomic E-state index is 0. The van der Waals surface area contributed by atoms with Crippen molar-refractivity contribution in [2.45, 2.75) is 39.0 Å². The number of nitrogens with zero attached hydrogens (tertiary/aromatic N) is 3. The number of unbranched alkanes of at least 4 members (excludes halogenated alkanes) is 1. The van der Waals surface area contributed by atoms with E-state index < -0.39 is 0 Å². The highest BCUT2D eigenvalue weighted by Gasteiger charge is 2.15. The molecule has 1 saturated heterocycles. The molecule has 0 amide bonds. The Labute approximate surface area is 154 Å². The van der Waals surface area contributed by atoms with Crippen molar-refractivity contribution >= 4 is 29.9 Å². The zero-order chi connectivity index (χ0) is 15.5. The minimum Gasteiger partial charge on any atom is -0.356 e. The summed E-state index contributed by atoms with van der Waals surface area (Å²) in [6.07, 6.45) is 8.12. The Balaban J connectivity index is 0.00000441. The molecule has 1 atom stereocenters. The SMILES string of the molecule is C=CCCCN(C)C(=NC)NCCCN1CCCC(C)C1.I. The summed E-state index contributed by atoms with van der Waals surface area (Å²) in [7, 11) is 3.96. The number of halogens is 1. The van der Waals surface area contributed by atoms with Gasteiger partial charge >= 0.3 is 0 Å². The molecule has 1 heterocycles. The van der Waals surface area contributed by atoms with Gasteiger partial charge in [0.05, 0.1) is 0 Å². The smallest absolute Gasteiger partial charge is 0.193 e. The van der Waals surface area contributed by atoms with E-state index in [0.29, 0.717) is 0 Å². The van der Waals surface area contributed by atoms with E-state index in [4.69, 9.17) is 0 Å². The monoisotopic (exact) mass is 422 g/mol. The maximum absolute atomic E-state index is 4.36. The molecule has 22 heavy (non-hydrogen) atoms. The molecule has 0 aromatic heterocycles. The molecular weight excluding hydrogens is 387 g/mol. The summed E-state index contributed by atoms with van der Waals surface area (Å²) < 4.78 is 0. The second-order valence-corrected chi connectivity index (χ2v) is 6.23. The molecule has 0 aromatic rings. The third-order valence-corrected chi connectivity index (χ3v) is 4.15. The highest BCUT2D eigenvalue weighted by atomic mass is 127. The molecule has 0 radical (unpaired) electrons. The summed E-state index contributed by atoms with van der Waals surface area (Å²) in [5.74, 6) is 1.88. The first-order valence-corrected chi connectivity index (χ1v) is 8.42. The highest BCUT2D eigenvalue weighted by Crippen LogP contribution is 2.15. The third-order valence-electron chi connectivity index (χ3n) is 4.15. The van der Waals surface area contributed by atoms with Gasteiger partial charge in [-0.15, -0.1) is 30.6 Å². The van der Waals surface area contributed by atoms with Crippen molar-refractivity contribution in [2.24, 2.45) is 10.9 Å². The molecule has 1 aliphatic rings. The van der Waals surface area contributed by atoms with Crippen molar-refractivity contribution in [1.82, 2.24) is 15.1 Å². The lowest BCUT2D eigenvalue weighted by Crippen LogP contribution is -2.41. The molecule has 0 bridgehead atoms. The van der Waals surface area contributed by atoms with Crippen LogP contribution in [-0.2, 0) is 0 Å². The van der Waals surface area contributed by atoms with E-state index in [0.717, 1.165) is 37.8 Å². The fraction of sp³-hybridized carbons (Fsp3) is 0.824. The van der Waals surface area contributed by atoms with Crippen LogP contribution in [0, 0.1) is 5.92 Å². The summed E-state index contributed by atoms with van der Waals surface area (Å²) in [6, 6.07) is 0. The minimum absolute atomic E-state index is 0. The Morgan fingerprint density at radius 2 is 2.23 bits per heavy atom. The molecule has 1 aliphatic heterocycles. The van der Waals surface area contributed by atoms with Crippen LogP contribution < -0.4 is 5.32 Å². The van der Waals surface area contributed by atoms with Gasteiger partial charge in [0, 0.05) is 33.7 Å². The standard InChI is InChI=1S/C17H34N4.HI/c1-5-6-7-12-20(4)17(18-3)19-11-9-14-21-13-8-10-16(2)15-21;/h5,16H,1,6-15H2,2-4H3,(H,18,19);1H. The number of guanidine groups is 1. The lowest BCUT2D eigenvalue weighted by Gasteiger charge is -2.31. The van der Waals surface area contributed by atoms with Crippen molar-refractivity contribution in [3.63, 3.8) is 0 Å². The van der Waals surface area contributed by atoms with E-state index in [-0.39, 0.29) is 24.0 Å². The zero-order valence-electron chi connectivity index (χ0n) is 14.7. The average Bonchev–Trinajstić information content (AvgIpc) is 2.47. The molecule has 0 saturated carbocycles. The van der Waals surface area contributed by atoms with E-state index >= 15 is 0 Å². The van der Waals surface area contributed by atoms with Crippen LogP contribution >= 0.6 is 24.0 Å². The summed E-state index contributed by atoms with van der Waals surface area (Å²) in [6.45, 7) is 11.9. The van der Waals surface area contributed by atoms with Crippen molar-refractivity contribution in [3.05, 3.63) is 12.7 Å². The molecule has 1 rings (SSSR count). The number of rotatable bonds is 8. The van der Waals surface area contributed by atoms with Crippen molar-refractivity contribution in [3.8, 4) is 0 Å². The van der Waals surface area contributed by atoms with E-state index in [9.17, 15) is 0 Å². The van der Waals surface area contributed by atoms with Gasteiger partial charge < -0.3 is 15.1 Å². The molecule has 0 aliphatic carbocycles. The van der Waals surface area contributed by atoms with Crippen LogP contribution in [0.3, 0.4) is 0 Å². The second kappa shape index (κ2) is 13.2.